The minimum Gasteiger partial charge on any atom is -0.376 e. The molecular weight excluding hydrogens is 304 g/mol. The highest BCUT2D eigenvalue weighted by atomic mass is 16.5. The number of nitrogens with zero attached hydrogens (tertiary/aromatic N) is 1. The van der Waals surface area contributed by atoms with E-state index in [1.54, 1.807) is 0 Å². The minimum absolute atomic E-state index is 0.0446. The Kier molecular flexibility index (Phi) is 4.04. The van der Waals surface area contributed by atoms with Crippen LogP contribution in [-0.4, -0.2) is 49.1 Å². The molecule has 2 saturated heterocycles. The lowest BCUT2D eigenvalue weighted by Crippen LogP contribution is -2.36. The second kappa shape index (κ2) is 6.20. The predicted octanol–water partition coefficient (Wildman–Crippen LogP) is 1.55. The SMILES string of the molecule is CC1CC1C(=O)N1C[C@@H]2[C@H](CNC(=O)c3ccccc3)CO[C@@H]2C1. The van der Waals surface area contributed by atoms with E-state index in [9.17, 15) is 9.59 Å². The first kappa shape index (κ1) is 15.6. The van der Waals surface area contributed by atoms with Crippen molar-refractivity contribution in [1.82, 2.24) is 10.2 Å². The van der Waals surface area contributed by atoms with Crippen molar-refractivity contribution in [3.05, 3.63) is 35.9 Å². The first-order valence-corrected chi connectivity index (χ1v) is 8.87. The highest BCUT2D eigenvalue weighted by Crippen LogP contribution is 2.41. The normalized spacial score (nSPS) is 34.0. The molecule has 2 unspecified atom stereocenters. The molecule has 3 aliphatic rings. The van der Waals surface area contributed by atoms with Crippen molar-refractivity contribution in [2.75, 3.05) is 26.2 Å². The second-order valence-electron chi connectivity index (χ2n) is 7.43. The fourth-order valence-electron chi connectivity index (χ4n) is 4.01. The van der Waals surface area contributed by atoms with Gasteiger partial charge in [-0.05, 0) is 24.5 Å². The highest BCUT2D eigenvalue weighted by Gasteiger charge is 2.49. The van der Waals surface area contributed by atoms with Gasteiger partial charge in [-0.15, -0.1) is 0 Å². The molecule has 1 aromatic rings. The number of hydrogen-bond donors (Lipinski definition) is 1. The highest BCUT2D eigenvalue weighted by molar-refractivity contribution is 5.94. The smallest absolute Gasteiger partial charge is 0.251 e. The average molecular weight is 328 g/mol. The van der Waals surface area contributed by atoms with Crippen LogP contribution in [0, 0.1) is 23.7 Å². The Hall–Kier alpha value is -1.88. The van der Waals surface area contributed by atoms with Crippen molar-refractivity contribution < 1.29 is 14.3 Å². The molecule has 1 saturated carbocycles. The topological polar surface area (TPSA) is 58.6 Å². The third kappa shape index (κ3) is 2.93. The van der Waals surface area contributed by atoms with Crippen molar-refractivity contribution in [3.63, 3.8) is 0 Å². The van der Waals surface area contributed by atoms with E-state index in [0.717, 1.165) is 19.5 Å². The summed E-state index contributed by atoms with van der Waals surface area (Å²) in [7, 11) is 0. The van der Waals surface area contributed by atoms with Gasteiger partial charge < -0.3 is 15.0 Å². The van der Waals surface area contributed by atoms with Gasteiger partial charge >= 0.3 is 0 Å². The van der Waals surface area contributed by atoms with Gasteiger partial charge in [-0.25, -0.2) is 0 Å². The molecule has 0 spiro atoms. The number of carbonyl (C=O) groups is 2. The number of fused-ring (bicyclic) bond motifs is 1. The molecule has 24 heavy (non-hydrogen) atoms. The third-order valence-corrected chi connectivity index (χ3v) is 5.74. The molecule has 1 aromatic carbocycles. The number of ether oxygens (including phenoxy) is 1. The molecule has 5 atom stereocenters. The van der Waals surface area contributed by atoms with Gasteiger partial charge in [-0.2, -0.15) is 0 Å². The number of carbonyl (C=O) groups excluding carboxylic acids is 2. The molecule has 2 amide bonds. The monoisotopic (exact) mass is 328 g/mol. The van der Waals surface area contributed by atoms with Crippen LogP contribution in [0.1, 0.15) is 23.7 Å². The van der Waals surface area contributed by atoms with Gasteiger partial charge in [-0.3, -0.25) is 9.59 Å². The number of benzene rings is 1. The maximum Gasteiger partial charge on any atom is 0.251 e. The zero-order valence-corrected chi connectivity index (χ0v) is 14.0. The van der Waals surface area contributed by atoms with Gasteiger partial charge in [-0.1, -0.05) is 25.1 Å². The zero-order chi connectivity index (χ0) is 16.7. The lowest BCUT2D eigenvalue weighted by molar-refractivity contribution is -0.132. The third-order valence-electron chi connectivity index (χ3n) is 5.74. The summed E-state index contributed by atoms with van der Waals surface area (Å²) < 4.78 is 5.89. The first-order chi connectivity index (χ1) is 11.6. The Morgan fingerprint density at radius 3 is 2.71 bits per heavy atom. The van der Waals surface area contributed by atoms with E-state index in [1.165, 1.54) is 0 Å². The summed E-state index contributed by atoms with van der Waals surface area (Å²) in [5.41, 5.74) is 0.680. The molecule has 1 N–H and O–H groups in total. The fraction of sp³-hybridized carbons (Fsp3) is 0.579. The van der Waals surface area contributed by atoms with Crippen molar-refractivity contribution in [2.24, 2.45) is 23.7 Å². The summed E-state index contributed by atoms with van der Waals surface area (Å²) in [6.45, 7) is 4.91. The molecule has 5 heteroatoms. The van der Waals surface area contributed by atoms with E-state index >= 15 is 0 Å². The van der Waals surface area contributed by atoms with Crippen LogP contribution in [0.3, 0.4) is 0 Å². The maximum absolute atomic E-state index is 12.4. The van der Waals surface area contributed by atoms with Crippen LogP contribution in [0.15, 0.2) is 30.3 Å². The molecule has 1 aliphatic carbocycles. The minimum atomic E-state index is -0.0446. The van der Waals surface area contributed by atoms with Gasteiger partial charge in [0, 0.05) is 43.0 Å². The second-order valence-corrected chi connectivity index (χ2v) is 7.43. The Morgan fingerprint density at radius 1 is 1.25 bits per heavy atom. The lowest BCUT2D eigenvalue weighted by Gasteiger charge is -2.20. The molecule has 5 nitrogen and oxygen atoms in total. The van der Waals surface area contributed by atoms with Crippen LogP contribution in [-0.2, 0) is 9.53 Å². The van der Waals surface area contributed by atoms with Crippen molar-refractivity contribution in [1.29, 1.82) is 0 Å². The Labute approximate surface area is 142 Å². The number of nitrogens with one attached hydrogen (secondary N) is 1. The predicted molar refractivity (Wildman–Crippen MR) is 89.3 cm³/mol. The van der Waals surface area contributed by atoms with E-state index in [4.69, 9.17) is 4.74 Å². The molecular formula is C19H24N2O3. The molecule has 0 bridgehead atoms. The van der Waals surface area contributed by atoms with Gasteiger partial charge in [0.05, 0.1) is 12.7 Å². The quantitative estimate of drug-likeness (QED) is 0.912. The first-order valence-electron chi connectivity index (χ1n) is 8.87. The molecule has 0 radical (unpaired) electrons. The molecule has 2 heterocycles. The van der Waals surface area contributed by atoms with E-state index in [1.807, 2.05) is 35.2 Å². The summed E-state index contributed by atoms with van der Waals surface area (Å²) in [5.74, 6) is 1.67. The van der Waals surface area contributed by atoms with Crippen LogP contribution in [0.2, 0.25) is 0 Å². The Bertz CT molecular complexity index is 633. The van der Waals surface area contributed by atoms with E-state index in [2.05, 4.69) is 12.2 Å². The average Bonchev–Trinajstić information content (AvgIpc) is 3.02. The van der Waals surface area contributed by atoms with Crippen LogP contribution in [0.5, 0.6) is 0 Å². The van der Waals surface area contributed by atoms with Crippen LogP contribution < -0.4 is 5.32 Å². The summed E-state index contributed by atoms with van der Waals surface area (Å²) in [5, 5.41) is 3.02. The van der Waals surface area contributed by atoms with Gasteiger partial charge in [0.2, 0.25) is 5.91 Å². The van der Waals surface area contributed by atoms with Gasteiger partial charge in [0.1, 0.15) is 0 Å². The van der Waals surface area contributed by atoms with E-state index in [0.29, 0.717) is 36.5 Å². The fourth-order valence-corrected chi connectivity index (χ4v) is 4.01. The number of likely N-dealkylation sites (tertiary alicyclic amines) is 1. The number of amides is 2. The molecule has 3 fully saturated rings. The van der Waals surface area contributed by atoms with E-state index < -0.39 is 0 Å². The van der Waals surface area contributed by atoms with Crippen LogP contribution in [0.25, 0.3) is 0 Å². The van der Waals surface area contributed by atoms with Gasteiger partial charge in [0.25, 0.3) is 5.91 Å². The summed E-state index contributed by atoms with van der Waals surface area (Å²) >= 11 is 0. The molecule has 4 rings (SSSR count). The van der Waals surface area contributed by atoms with Crippen molar-refractivity contribution >= 4 is 11.8 Å². The standard InChI is InChI=1S/C19H24N2O3/c1-12-7-15(12)19(23)21-9-16-14(11-24-17(16)10-21)8-20-18(22)13-5-3-2-4-6-13/h2-6,12,14-17H,7-11H2,1H3,(H,20,22)/t12?,14-,15?,16-,17-/m1/s1. The molecule has 128 valence electrons. The summed E-state index contributed by atoms with van der Waals surface area (Å²) in [6.07, 6.45) is 1.17. The van der Waals surface area contributed by atoms with Crippen molar-refractivity contribution in [3.8, 4) is 0 Å². The Morgan fingerprint density at radius 2 is 2.00 bits per heavy atom. The zero-order valence-electron chi connectivity index (χ0n) is 14.0. The largest absolute Gasteiger partial charge is 0.376 e. The summed E-state index contributed by atoms with van der Waals surface area (Å²) in [6, 6.07) is 9.26. The molecule has 0 aromatic heterocycles. The van der Waals surface area contributed by atoms with Crippen molar-refractivity contribution in [2.45, 2.75) is 19.4 Å². The van der Waals surface area contributed by atoms with Crippen LogP contribution in [0.4, 0.5) is 0 Å². The molecule has 2 aliphatic heterocycles. The van der Waals surface area contributed by atoms with E-state index in [-0.39, 0.29) is 23.8 Å². The van der Waals surface area contributed by atoms with Gasteiger partial charge in [0.15, 0.2) is 0 Å². The lowest BCUT2D eigenvalue weighted by atomic mass is 9.93. The maximum atomic E-state index is 12.4. The summed E-state index contributed by atoms with van der Waals surface area (Å²) in [4.78, 5) is 26.6. The number of rotatable bonds is 4. The Balaban J connectivity index is 1.31. The number of hydrogen-bond acceptors (Lipinski definition) is 3. The van der Waals surface area contributed by atoms with Crippen LogP contribution >= 0.6 is 0 Å².